The van der Waals surface area contributed by atoms with Gasteiger partial charge in [0, 0.05) is 30.5 Å². The average Bonchev–Trinajstić information content (AvgIpc) is 2.61. The van der Waals surface area contributed by atoms with E-state index < -0.39 is 17.2 Å². The van der Waals surface area contributed by atoms with Gasteiger partial charge in [-0.3, -0.25) is 10.3 Å². The highest BCUT2D eigenvalue weighted by atomic mass is 32.2. The minimum absolute atomic E-state index is 0.0355. The van der Waals surface area contributed by atoms with Gasteiger partial charge in [0.25, 0.3) is 0 Å². The Bertz CT molecular complexity index is 780. The molecule has 3 N–H and O–H groups in total. The third-order valence-corrected chi connectivity index (χ3v) is 6.21. The van der Waals surface area contributed by atoms with Gasteiger partial charge in [0.15, 0.2) is 5.17 Å². The number of hydrogen-bond acceptors (Lipinski definition) is 6. The van der Waals surface area contributed by atoms with E-state index >= 15 is 0 Å². The van der Waals surface area contributed by atoms with Crippen LogP contribution in [0.3, 0.4) is 0 Å². The molecule has 3 rings (SSSR count). The Hall–Kier alpha value is -1.80. The number of fused-ring (bicyclic) bond motifs is 1. The number of nitrogens with one attached hydrogen (secondary N) is 1. The van der Waals surface area contributed by atoms with Gasteiger partial charge in [-0.05, 0) is 57.7 Å². The van der Waals surface area contributed by atoms with E-state index in [9.17, 15) is 9.18 Å². The molecule has 1 aliphatic heterocycles. The Morgan fingerprint density at radius 3 is 2.82 bits per heavy atom. The monoisotopic (exact) mass is 409 g/mol. The second-order valence-electron chi connectivity index (χ2n) is 8.35. The second kappa shape index (κ2) is 7.91. The van der Waals surface area contributed by atoms with E-state index in [-0.39, 0.29) is 17.8 Å². The van der Waals surface area contributed by atoms with Crippen LogP contribution in [0, 0.1) is 11.7 Å². The van der Waals surface area contributed by atoms with Crippen LogP contribution in [-0.4, -0.2) is 35.8 Å². The fraction of sp³-hybridized carbons (Fsp3) is 0.600. The maximum Gasteiger partial charge on any atom is 0.413 e. The number of amides is 1. The highest BCUT2D eigenvalue weighted by Gasteiger charge is 2.49. The topological polar surface area (TPSA) is 85.9 Å². The van der Waals surface area contributed by atoms with Crippen molar-refractivity contribution in [3.63, 3.8) is 0 Å². The predicted octanol–water partition coefficient (Wildman–Crippen LogP) is 4.05. The van der Waals surface area contributed by atoms with Gasteiger partial charge < -0.3 is 15.2 Å². The molecule has 1 amide bonds. The molecule has 6 nitrogen and oxygen atoms in total. The zero-order chi connectivity index (χ0) is 20.5. The van der Waals surface area contributed by atoms with Crippen molar-refractivity contribution in [2.45, 2.75) is 57.3 Å². The average molecular weight is 410 g/mol. The molecule has 154 valence electrons. The Labute approximate surface area is 169 Å². The summed E-state index contributed by atoms with van der Waals surface area (Å²) in [6.07, 6.45) is 1.70. The highest BCUT2D eigenvalue weighted by Crippen LogP contribution is 2.50. The highest BCUT2D eigenvalue weighted by molar-refractivity contribution is 8.13. The summed E-state index contributed by atoms with van der Waals surface area (Å²) in [6.45, 7) is 5.39. The first kappa shape index (κ1) is 20.9. The minimum atomic E-state index is -0.825. The van der Waals surface area contributed by atoms with Crippen LogP contribution in [-0.2, 0) is 15.0 Å². The smallest absolute Gasteiger partial charge is 0.413 e. The third kappa shape index (κ3) is 4.43. The molecular weight excluding hydrogens is 381 g/mol. The number of halogens is 1. The summed E-state index contributed by atoms with van der Waals surface area (Å²) < 4.78 is 25.8. The zero-order valence-corrected chi connectivity index (χ0v) is 17.6. The molecule has 1 unspecified atom stereocenters. The predicted molar refractivity (Wildman–Crippen MR) is 110 cm³/mol. The van der Waals surface area contributed by atoms with Crippen LogP contribution in [0.25, 0.3) is 0 Å². The van der Waals surface area contributed by atoms with Gasteiger partial charge in [-0.2, -0.15) is 0 Å². The van der Waals surface area contributed by atoms with E-state index in [0.717, 1.165) is 18.6 Å². The van der Waals surface area contributed by atoms with E-state index in [0.29, 0.717) is 22.8 Å². The van der Waals surface area contributed by atoms with Crippen LogP contribution >= 0.6 is 11.8 Å². The molecule has 0 aromatic heterocycles. The van der Waals surface area contributed by atoms with Crippen LogP contribution in [0.15, 0.2) is 23.2 Å². The number of nitrogens with zero attached hydrogens (tertiary/aromatic N) is 1. The molecule has 1 fully saturated rings. The van der Waals surface area contributed by atoms with Crippen molar-refractivity contribution >= 4 is 28.7 Å². The van der Waals surface area contributed by atoms with Gasteiger partial charge in [-0.15, -0.1) is 0 Å². The van der Waals surface area contributed by atoms with Crippen molar-refractivity contribution in [3.8, 4) is 0 Å². The molecular formula is C20H28FN3O3S. The SMILES string of the molecule is CO[C@H]1CC[C@H]2CSC(NC(=O)OC(C)(C)C)=NC2(c2cc(N)ccc2F)C1. The number of nitrogen functional groups attached to an aromatic ring is 1. The number of thioether (sulfide) groups is 1. The number of aliphatic imine (C=N–C) groups is 1. The molecule has 3 atom stereocenters. The van der Waals surface area contributed by atoms with E-state index in [1.54, 1.807) is 40.0 Å². The summed E-state index contributed by atoms with van der Waals surface area (Å²) in [6, 6.07) is 4.58. The molecule has 1 aromatic rings. The normalized spacial score (nSPS) is 27.5. The molecule has 0 saturated heterocycles. The number of rotatable bonds is 2. The standard InChI is InChI=1S/C20H28FN3O3S/c1-19(2,3)27-18(25)23-17-24-20(15-9-13(22)6-8-16(15)21)10-14(26-4)7-5-12(20)11-28-17/h6,8-9,12,14H,5,7,10-11,22H2,1-4H3,(H,23,24,25)/t12-,14-,20?/m0/s1. The number of ether oxygens (including phenoxy) is 2. The Balaban J connectivity index is 2.00. The molecule has 1 saturated carbocycles. The summed E-state index contributed by atoms with van der Waals surface area (Å²) in [5, 5.41) is 3.16. The van der Waals surface area contributed by atoms with Crippen molar-refractivity contribution in [2.75, 3.05) is 18.6 Å². The Morgan fingerprint density at radius 1 is 1.39 bits per heavy atom. The van der Waals surface area contributed by atoms with Crippen molar-refractivity contribution in [1.82, 2.24) is 5.32 Å². The Kier molecular flexibility index (Phi) is 5.91. The lowest BCUT2D eigenvalue weighted by Crippen LogP contribution is -2.48. The first-order valence-electron chi connectivity index (χ1n) is 9.44. The number of carbonyl (C=O) groups is 1. The van der Waals surface area contributed by atoms with Gasteiger partial charge >= 0.3 is 6.09 Å². The summed E-state index contributed by atoms with van der Waals surface area (Å²) in [7, 11) is 1.66. The maximum absolute atomic E-state index is 14.9. The number of nitrogens with two attached hydrogens (primary N) is 1. The van der Waals surface area contributed by atoms with E-state index in [1.807, 2.05) is 0 Å². The number of alkyl carbamates (subject to hydrolysis) is 1. The fourth-order valence-corrected chi connectivity index (χ4v) is 5.10. The number of amidine groups is 1. The number of hydrogen-bond donors (Lipinski definition) is 2. The molecule has 1 heterocycles. The van der Waals surface area contributed by atoms with E-state index in [4.69, 9.17) is 20.2 Å². The lowest BCUT2D eigenvalue weighted by Gasteiger charge is -2.46. The van der Waals surface area contributed by atoms with Crippen LogP contribution in [0.2, 0.25) is 0 Å². The fourth-order valence-electron chi connectivity index (χ4n) is 3.91. The third-order valence-electron chi connectivity index (χ3n) is 5.17. The summed E-state index contributed by atoms with van der Waals surface area (Å²) in [5.74, 6) is 0.506. The van der Waals surface area contributed by atoms with Gasteiger partial charge in [0.2, 0.25) is 0 Å². The molecule has 0 radical (unpaired) electrons. The van der Waals surface area contributed by atoms with Gasteiger partial charge in [-0.1, -0.05) is 11.8 Å². The first-order valence-corrected chi connectivity index (χ1v) is 10.4. The quantitative estimate of drug-likeness (QED) is 0.720. The number of benzene rings is 1. The van der Waals surface area contributed by atoms with Crippen molar-refractivity contribution in [3.05, 3.63) is 29.6 Å². The minimum Gasteiger partial charge on any atom is -0.444 e. The van der Waals surface area contributed by atoms with Crippen LogP contribution < -0.4 is 11.1 Å². The molecule has 8 heteroatoms. The molecule has 1 aromatic carbocycles. The van der Waals surface area contributed by atoms with Crippen molar-refractivity contribution < 1.29 is 18.7 Å². The van der Waals surface area contributed by atoms with E-state index in [1.165, 1.54) is 17.8 Å². The second-order valence-corrected chi connectivity index (χ2v) is 9.36. The summed E-state index contributed by atoms with van der Waals surface area (Å²) >= 11 is 1.46. The zero-order valence-electron chi connectivity index (χ0n) is 16.8. The summed E-state index contributed by atoms with van der Waals surface area (Å²) in [5.41, 5.74) is 5.47. The van der Waals surface area contributed by atoms with Gasteiger partial charge in [0.05, 0.1) is 11.6 Å². The largest absolute Gasteiger partial charge is 0.444 e. The first-order chi connectivity index (χ1) is 13.1. The van der Waals surface area contributed by atoms with Crippen molar-refractivity contribution in [1.29, 1.82) is 0 Å². The number of carbonyl (C=O) groups excluding carboxylic acids is 1. The lowest BCUT2D eigenvalue weighted by atomic mass is 9.68. The maximum atomic E-state index is 14.9. The molecule has 0 spiro atoms. The van der Waals surface area contributed by atoms with Gasteiger partial charge in [0.1, 0.15) is 11.4 Å². The van der Waals surface area contributed by atoms with E-state index in [2.05, 4.69) is 5.32 Å². The number of methoxy groups -OCH3 is 1. The molecule has 1 aliphatic carbocycles. The lowest BCUT2D eigenvalue weighted by molar-refractivity contribution is 0.0191. The summed E-state index contributed by atoms with van der Waals surface area (Å²) in [4.78, 5) is 17.1. The van der Waals surface area contributed by atoms with Crippen molar-refractivity contribution in [2.24, 2.45) is 10.9 Å². The Morgan fingerprint density at radius 2 is 2.14 bits per heavy atom. The van der Waals surface area contributed by atoms with Crippen LogP contribution in [0.4, 0.5) is 14.9 Å². The molecule has 28 heavy (non-hydrogen) atoms. The molecule has 0 bridgehead atoms. The number of anilines is 1. The van der Waals surface area contributed by atoms with Gasteiger partial charge in [-0.25, -0.2) is 9.18 Å². The molecule has 2 aliphatic rings. The van der Waals surface area contributed by atoms with Crippen LogP contribution in [0.1, 0.15) is 45.6 Å². The van der Waals surface area contributed by atoms with Crippen LogP contribution in [0.5, 0.6) is 0 Å².